The fourth-order valence-electron chi connectivity index (χ4n) is 5.47. The summed E-state index contributed by atoms with van der Waals surface area (Å²) in [4.78, 5) is 26.6. The number of fused-ring (bicyclic) bond motifs is 1. The molecule has 10 heteroatoms. The molecule has 0 radical (unpaired) electrons. The molecule has 3 heterocycles. The molecular weight excluding hydrogens is 468 g/mol. The monoisotopic (exact) mass is 508 g/mol. The van der Waals surface area contributed by atoms with Gasteiger partial charge in [0.15, 0.2) is 6.23 Å². The maximum absolute atomic E-state index is 12.7. The van der Waals surface area contributed by atoms with Crippen LogP contribution in [0.5, 0.6) is 0 Å². The van der Waals surface area contributed by atoms with Gasteiger partial charge in [-0.3, -0.25) is 14.3 Å². The number of nitrogens with zero attached hydrogens (tertiary/aromatic N) is 1. The van der Waals surface area contributed by atoms with E-state index in [1.165, 1.54) is 16.8 Å². The van der Waals surface area contributed by atoms with Gasteiger partial charge in [0, 0.05) is 12.3 Å². The Balaban J connectivity index is 2.19. The summed E-state index contributed by atoms with van der Waals surface area (Å²) in [6.07, 6.45) is 5.69. The van der Waals surface area contributed by atoms with Crippen LogP contribution in [-0.4, -0.2) is 45.5 Å². The number of H-pyrrole nitrogens is 1. The van der Waals surface area contributed by atoms with Gasteiger partial charge in [-0.15, -0.1) is 6.42 Å². The summed E-state index contributed by atoms with van der Waals surface area (Å²) in [5, 5.41) is 0. The van der Waals surface area contributed by atoms with Crippen molar-refractivity contribution >= 4 is 17.1 Å². The van der Waals surface area contributed by atoms with Gasteiger partial charge in [-0.2, -0.15) is 0 Å². The van der Waals surface area contributed by atoms with Crippen LogP contribution < -0.4 is 11.2 Å². The van der Waals surface area contributed by atoms with Crippen LogP contribution in [0, 0.1) is 17.8 Å². The van der Waals surface area contributed by atoms with Gasteiger partial charge in [0.05, 0.1) is 12.7 Å². The van der Waals surface area contributed by atoms with Gasteiger partial charge in [-0.05, 0) is 29.1 Å². The highest BCUT2D eigenvalue weighted by Gasteiger charge is 2.64. The molecule has 0 spiro atoms. The Morgan fingerprint density at radius 1 is 1.06 bits per heavy atom. The summed E-state index contributed by atoms with van der Waals surface area (Å²) >= 11 is 0. The van der Waals surface area contributed by atoms with Crippen molar-refractivity contribution in [1.29, 1.82) is 0 Å². The third-order valence-corrected chi connectivity index (χ3v) is 17.7. The van der Waals surface area contributed by atoms with Gasteiger partial charge in [-0.25, -0.2) is 4.79 Å². The van der Waals surface area contributed by atoms with E-state index in [0.717, 1.165) is 0 Å². The molecule has 4 atom stereocenters. The Morgan fingerprint density at radius 2 is 1.62 bits per heavy atom. The van der Waals surface area contributed by atoms with Crippen LogP contribution in [0.15, 0.2) is 21.9 Å². The van der Waals surface area contributed by atoms with E-state index < -0.39 is 52.2 Å². The first-order valence-electron chi connectivity index (χ1n) is 12.2. The fourth-order valence-corrected chi connectivity index (χ4v) is 16.8. The van der Waals surface area contributed by atoms with Gasteiger partial charge in [0.1, 0.15) is 11.5 Å². The van der Waals surface area contributed by atoms with Gasteiger partial charge in [0.2, 0.25) is 0 Å². The summed E-state index contributed by atoms with van der Waals surface area (Å²) in [5.74, 6) is 2.88. The zero-order valence-corrected chi connectivity index (χ0v) is 23.9. The fraction of sp³-hybridized carbons (Fsp3) is 0.750. The van der Waals surface area contributed by atoms with E-state index in [1.807, 2.05) is 6.92 Å². The number of rotatable bonds is 5. The Labute approximate surface area is 204 Å². The predicted octanol–water partition coefficient (Wildman–Crippen LogP) is 4.03. The second-order valence-electron chi connectivity index (χ2n) is 11.0. The van der Waals surface area contributed by atoms with Crippen LogP contribution in [0.4, 0.5) is 0 Å². The molecule has 0 amide bonds. The summed E-state index contributed by atoms with van der Waals surface area (Å²) in [6.45, 7) is 19.4. The molecule has 2 aliphatic rings. The van der Waals surface area contributed by atoms with E-state index in [0.29, 0.717) is 0 Å². The van der Waals surface area contributed by atoms with Crippen molar-refractivity contribution in [2.45, 2.75) is 103 Å². The van der Waals surface area contributed by atoms with Crippen molar-refractivity contribution in [2.24, 2.45) is 5.41 Å². The van der Waals surface area contributed by atoms with Crippen molar-refractivity contribution < 1.29 is 17.7 Å². The molecule has 2 saturated heterocycles. The van der Waals surface area contributed by atoms with E-state index in [2.05, 4.69) is 66.3 Å². The first kappa shape index (κ1) is 27.1. The lowest BCUT2D eigenvalue weighted by Crippen LogP contribution is -2.66. The summed E-state index contributed by atoms with van der Waals surface area (Å²) < 4.78 is 28.9. The number of hydrogen-bond donors (Lipinski definition) is 1. The summed E-state index contributed by atoms with van der Waals surface area (Å²) in [6, 6.07) is 1.29. The highest BCUT2D eigenvalue weighted by atomic mass is 28.5. The van der Waals surface area contributed by atoms with E-state index >= 15 is 0 Å². The third kappa shape index (κ3) is 4.20. The number of aromatic nitrogens is 2. The van der Waals surface area contributed by atoms with E-state index in [9.17, 15) is 9.59 Å². The van der Waals surface area contributed by atoms with Crippen molar-refractivity contribution in [2.75, 3.05) is 6.61 Å². The first-order chi connectivity index (χ1) is 15.7. The van der Waals surface area contributed by atoms with Crippen molar-refractivity contribution in [3.05, 3.63) is 33.1 Å². The van der Waals surface area contributed by atoms with Gasteiger partial charge in [-0.1, -0.05) is 61.3 Å². The standard InChI is InChI=1S/C24H40N2O6Si2/c1-11-24(10)21-19(30-22(24)26-13-12-20(27)25-23(26)28)14-29-33(15(2)3,16(4)5)32-34(31-21,17(6)7)18(8)9/h1,12-13,15-19,21-22H,14H2,2-10H3,(H,25,27,28)/t19-,21-,22-,24-/m1/s1. The first-order valence-corrected chi connectivity index (χ1v) is 16.2. The smallest absolute Gasteiger partial charge is 0.335 e. The minimum Gasteiger partial charge on any atom is -0.414 e. The molecule has 8 nitrogen and oxygen atoms in total. The summed E-state index contributed by atoms with van der Waals surface area (Å²) in [7, 11) is -5.64. The molecule has 190 valence electrons. The van der Waals surface area contributed by atoms with E-state index in [4.69, 9.17) is 24.1 Å². The molecule has 1 aromatic heterocycles. The second-order valence-corrected chi connectivity index (χ2v) is 19.8. The minimum atomic E-state index is -2.91. The average molecular weight is 509 g/mol. The van der Waals surface area contributed by atoms with Crippen LogP contribution >= 0.6 is 0 Å². The second kappa shape index (κ2) is 9.52. The number of ether oxygens (including phenoxy) is 1. The minimum absolute atomic E-state index is 0.135. The van der Waals surface area contributed by atoms with E-state index in [1.54, 1.807) is 0 Å². The highest BCUT2D eigenvalue weighted by molar-refractivity contribution is 6.84. The molecule has 0 aromatic carbocycles. The molecule has 34 heavy (non-hydrogen) atoms. The maximum atomic E-state index is 12.7. The van der Waals surface area contributed by atoms with Crippen LogP contribution in [0.3, 0.4) is 0 Å². The van der Waals surface area contributed by atoms with Crippen molar-refractivity contribution in [3.8, 4) is 12.3 Å². The van der Waals surface area contributed by atoms with Gasteiger partial charge < -0.3 is 17.7 Å². The average Bonchev–Trinajstić information content (AvgIpc) is 2.98. The SMILES string of the molecule is C#C[C@]1(C)[C@@H]2O[Si](C(C)C)(C(C)C)O[Si](C(C)C)(C(C)C)OC[C@H]2O[C@H]1n1ccc(=O)[nH]c1=O. The number of nitrogens with one attached hydrogen (secondary N) is 1. The molecule has 1 aromatic rings. The lowest BCUT2D eigenvalue weighted by atomic mass is 9.83. The predicted molar refractivity (Wildman–Crippen MR) is 136 cm³/mol. The Hall–Kier alpha value is -1.49. The number of terminal acetylenes is 1. The van der Waals surface area contributed by atoms with Crippen molar-refractivity contribution in [1.82, 2.24) is 9.55 Å². The lowest BCUT2D eigenvalue weighted by molar-refractivity contribution is -0.0582. The van der Waals surface area contributed by atoms with E-state index in [-0.39, 0.29) is 28.8 Å². The quantitative estimate of drug-likeness (QED) is 0.477. The number of aromatic amines is 1. The molecule has 2 fully saturated rings. The molecule has 1 N–H and O–H groups in total. The Kier molecular flexibility index (Phi) is 7.59. The Morgan fingerprint density at radius 3 is 2.09 bits per heavy atom. The number of hydrogen-bond acceptors (Lipinski definition) is 6. The Bertz CT molecular complexity index is 1030. The van der Waals surface area contributed by atoms with Gasteiger partial charge in [0.25, 0.3) is 5.56 Å². The highest BCUT2D eigenvalue weighted by Crippen LogP contribution is 2.53. The summed E-state index contributed by atoms with van der Waals surface area (Å²) in [5.41, 5.74) is -1.36. The van der Waals surface area contributed by atoms with Crippen molar-refractivity contribution in [3.63, 3.8) is 0 Å². The zero-order chi connectivity index (χ0) is 25.6. The molecule has 3 rings (SSSR count). The largest absolute Gasteiger partial charge is 0.414 e. The third-order valence-electron chi connectivity index (χ3n) is 7.48. The van der Waals surface area contributed by atoms with Gasteiger partial charge >= 0.3 is 22.8 Å². The zero-order valence-electron chi connectivity index (χ0n) is 21.9. The molecular formula is C24H40N2O6Si2. The molecule has 2 aliphatic heterocycles. The lowest BCUT2D eigenvalue weighted by Gasteiger charge is -2.52. The van der Waals surface area contributed by atoms with Crippen LogP contribution in [0.2, 0.25) is 22.2 Å². The normalized spacial score (nSPS) is 30.9. The van der Waals surface area contributed by atoms with Crippen LogP contribution in [-0.2, 0) is 17.7 Å². The molecule has 0 aliphatic carbocycles. The van der Waals surface area contributed by atoms with Crippen LogP contribution in [0.1, 0.15) is 68.5 Å². The topological polar surface area (TPSA) is 91.8 Å². The molecule has 0 unspecified atom stereocenters. The maximum Gasteiger partial charge on any atom is 0.335 e. The molecule has 0 bridgehead atoms. The van der Waals surface area contributed by atoms with Crippen LogP contribution in [0.25, 0.3) is 0 Å². The molecule has 0 saturated carbocycles.